The number of hydrogen-bond donors (Lipinski definition) is 2. The Balaban J connectivity index is 3.33. The first kappa shape index (κ1) is 13.6. The van der Waals surface area contributed by atoms with Crippen molar-refractivity contribution in [1.82, 2.24) is 5.43 Å². The molecule has 0 fully saturated rings. The Bertz CT molecular complexity index is 128. The van der Waals surface area contributed by atoms with Crippen molar-refractivity contribution in [2.24, 2.45) is 5.84 Å². The van der Waals surface area contributed by atoms with Crippen molar-refractivity contribution in [3.05, 3.63) is 12.7 Å². The normalized spacial score (nSPS) is 12.7. The van der Waals surface area contributed by atoms with E-state index in [0.29, 0.717) is 6.04 Å². The van der Waals surface area contributed by atoms with E-state index in [4.69, 9.17) is 10.6 Å². The van der Waals surface area contributed by atoms with Gasteiger partial charge in [-0.2, -0.15) is 0 Å². The van der Waals surface area contributed by atoms with E-state index in [0.717, 1.165) is 45.3 Å². The first-order valence-electron chi connectivity index (χ1n) is 5.49. The lowest BCUT2D eigenvalue weighted by atomic mass is 10.1. The lowest BCUT2D eigenvalue weighted by Gasteiger charge is -2.15. The van der Waals surface area contributed by atoms with Gasteiger partial charge in [-0.05, 0) is 32.1 Å². The monoisotopic (exact) mass is 200 g/mol. The Morgan fingerprint density at radius 1 is 1.43 bits per heavy atom. The predicted molar refractivity (Wildman–Crippen MR) is 60.9 cm³/mol. The fourth-order valence-corrected chi connectivity index (χ4v) is 1.29. The van der Waals surface area contributed by atoms with E-state index in [9.17, 15) is 0 Å². The smallest absolute Gasteiger partial charge is 0.0481 e. The summed E-state index contributed by atoms with van der Waals surface area (Å²) >= 11 is 0. The Morgan fingerprint density at radius 2 is 2.21 bits per heavy atom. The van der Waals surface area contributed by atoms with Gasteiger partial charge in [0.05, 0.1) is 0 Å². The summed E-state index contributed by atoms with van der Waals surface area (Å²) in [5.41, 5.74) is 2.82. The maximum Gasteiger partial charge on any atom is 0.0481 e. The van der Waals surface area contributed by atoms with Gasteiger partial charge in [-0.1, -0.05) is 13.0 Å². The van der Waals surface area contributed by atoms with Gasteiger partial charge in [0.1, 0.15) is 0 Å². The van der Waals surface area contributed by atoms with Crippen molar-refractivity contribution in [2.75, 3.05) is 13.2 Å². The Kier molecular flexibility index (Phi) is 10.4. The third kappa shape index (κ3) is 8.23. The Hall–Kier alpha value is -0.380. The molecule has 3 N–H and O–H groups in total. The molecule has 14 heavy (non-hydrogen) atoms. The minimum absolute atomic E-state index is 0.381. The number of nitrogens with one attached hydrogen (secondary N) is 1. The summed E-state index contributed by atoms with van der Waals surface area (Å²) in [7, 11) is 0. The van der Waals surface area contributed by atoms with Gasteiger partial charge in [-0.15, -0.1) is 6.58 Å². The minimum atomic E-state index is 0.381. The number of nitrogens with two attached hydrogens (primary N) is 1. The molecule has 0 heterocycles. The van der Waals surface area contributed by atoms with Crippen LogP contribution >= 0.6 is 0 Å². The van der Waals surface area contributed by atoms with Gasteiger partial charge in [-0.25, -0.2) is 0 Å². The maximum atomic E-state index is 5.44. The van der Waals surface area contributed by atoms with Gasteiger partial charge < -0.3 is 4.74 Å². The average Bonchev–Trinajstić information content (AvgIpc) is 2.22. The zero-order chi connectivity index (χ0) is 10.6. The van der Waals surface area contributed by atoms with Crippen molar-refractivity contribution in [3.8, 4) is 0 Å². The highest BCUT2D eigenvalue weighted by atomic mass is 16.5. The molecule has 3 heteroatoms. The van der Waals surface area contributed by atoms with E-state index in [2.05, 4.69) is 18.9 Å². The average molecular weight is 200 g/mol. The number of unbranched alkanes of at least 4 members (excludes halogenated alkanes) is 1. The summed E-state index contributed by atoms with van der Waals surface area (Å²) in [6.07, 6.45) is 7.32. The van der Waals surface area contributed by atoms with E-state index in [1.54, 1.807) is 0 Å². The summed E-state index contributed by atoms with van der Waals surface area (Å²) in [4.78, 5) is 0. The molecule has 0 aliphatic heterocycles. The molecule has 0 saturated heterocycles. The van der Waals surface area contributed by atoms with E-state index in [1.807, 2.05) is 6.08 Å². The standard InChI is InChI=1S/C11H24N2O/c1-3-5-6-7-11(13-12)8-10-14-9-4-2/h3,11,13H,1,4-10,12H2,2H3. The largest absolute Gasteiger partial charge is 0.381 e. The highest BCUT2D eigenvalue weighted by Crippen LogP contribution is 2.04. The van der Waals surface area contributed by atoms with Gasteiger partial charge in [0.2, 0.25) is 0 Å². The number of allylic oxidation sites excluding steroid dienone is 1. The lowest BCUT2D eigenvalue weighted by Crippen LogP contribution is -2.35. The Labute approximate surface area is 87.7 Å². The van der Waals surface area contributed by atoms with Crippen LogP contribution in [0.5, 0.6) is 0 Å². The fraction of sp³-hybridized carbons (Fsp3) is 0.818. The predicted octanol–water partition coefficient (Wildman–Crippen LogP) is 1.99. The molecule has 0 aliphatic rings. The first-order valence-corrected chi connectivity index (χ1v) is 5.49. The van der Waals surface area contributed by atoms with Crippen LogP contribution in [0.1, 0.15) is 39.0 Å². The highest BCUT2D eigenvalue weighted by molar-refractivity contribution is 4.69. The van der Waals surface area contributed by atoms with E-state index >= 15 is 0 Å². The zero-order valence-corrected chi connectivity index (χ0v) is 9.30. The molecule has 0 rings (SSSR count). The van der Waals surface area contributed by atoms with Crippen LogP contribution in [0.4, 0.5) is 0 Å². The van der Waals surface area contributed by atoms with E-state index < -0.39 is 0 Å². The van der Waals surface area contributed by atoms with Crippen molar-refractivity contribution < 1.29 is 4.74 Å². The highest BCUT2D eigenvalue weighted by Gasteiger charge is 2.04. The summed E-state index contributed by atoms with van der Waals surface area (Å²) in [5.74, 6) is 5.44. The quantitative estimate of drug-likeness (QED) is 0.245. The van der Waals surface area contributed by atoms with E-state index in [-0.39, 0.29) is 0 Å². The Morgan fingerprint density at radius 3 is 2.79 bits per heavy atom. The summed E-state index contributed by atoms with van der Waals surface area (Å²) in [6, 6.07) is 0.381. The number of rotatable bonds is 10. The molecule has 0 aromatic rings. The minimum Gasteiger partial charge on any atom is -0.381 e. The van der Waals surface area contributed by atoms with Gasteiger partial charge in [0.25, 0.3) is 0 Å². The van der Waals surface area contributed by atoms with Crippen LogP contribution < -0.4 is 11.3 Å². The lowest BCUT2D eigenvalue weighted by molar-refractivity contribution is 0.123. The molecule has 0 bridgehead atoms. The van der Waals surface area contributed by atoms with Gasteiger partial charge in [0, 0.05) is 19.3 Å². The molecule has 84 valence electrons. The van der Waals surface area contributed by atoms with E-state index in [1.165, 1.54) is 0 Å². The van der Waals surface area contributed by atoms with Crippen LogP contribution in [0.15, 0.2) is 12.7 Å². The molecule has 0 aliphatic carbocycles. The molecule has 0 spiro atoms. The maximum absolute atomic E-state index is 5.44. The van der Waals surface area contributed by atoms with Crippen molar-refractivity contribution in [2.45, 2.75) is 45.1 Å². The molecular weight excluding hydrogens is 176 g/mol. The second-order valence-corrected chi connectivity index (χ2v) is 3.48. The summed E-state index contributed by atoms with van der Waals surface area (Å²) in [6.45, 7) is 7.46. The molecule has 0 radical (unpaired) electrons. The zero-order valence-electron chi connectivity index (χ0n) is 9.30. The molecule has 1 atom stereocenters. The van der Waals surface area contributed by atoms with Crippen LogP contribution in [0.2, 0.25) is 0 Å². The van der Waals surface area contributed by atoms with Crippen LogP contribution in [0.3, 0.4) is 0 Å². The summed E-state index contributed by atoms with van der Waals surface area (Å²) in [5, 5.41) is 0. The number of hydrogen-bond acceptors (Lipinski definition) is 3. The molecule has 1 unspecified atom stereocenters. The topological polar surface area (TPSA) is 47.3 Å². The second kappa shape index (κ2) is 10.7. The third-order valence-corrected chi connectivity index (χ3v) is 2.16. The molecule has 0 saturated carbocycles. The van der Waals surface area contributed by atoms with Crippen LogP contribution in [-0.2, 0) is 4.74 Å². The molecule has 3 nitrogen and oxygen atoms in total. The molecular formula is C11H24N2O. The van der Waals surface area contributed by atoms with Gasteiger partial charge in [0.15, 0.2) is 0 Å². The van der Waals surface area contributed by atoms with Crippen LogP contribution in [0.25, 0.3) is 0 Å². The van der Waals surface area contributed by atoms with Crippen molar-refractivity contribution in [1.29, 1.82) is 0 Å². The SMILES string of the molecule is C=CCCCC(CCOCCC)NN. The summed E-state index contributed by atoms with van der Waals surface area (Å²) < 4.78 is 5.41. The third-order valence-electron chi connectivity index (χ3n) is 2.16. The molecule has 0 aromatic heterocycles. The van der Waals surface area contributed by atoms with Gasteiger partial charge >= 0.3 is 0 Å². The van der Waals surface area contributed by atoms with Crippen molar-refractivity contribution in [3.63, 3.8) is 0 Å². The number of ether oxygens (including phenoxy) is 1. The first-order chi connectivity index (χ1) is 6.85. The van der Waals surface area contributed by atoms with Crippen LogP contribution in [0, 0.1) is 0 Å². The van der Waals surface area contributed by atoms with Crippen LogP contribution in [-0.4, -0.2) is 19.3 Å². The van der Waals surface area contributed by atoms with Gasteiger partial charge in [-0.3, -0.25) is 11.3 Å². The molecule has 0 amide bonds. The fourth-order valence-electron chi connectivity index (χ4n) is 1.29. The second-order valence-electron chi connectivity index (χ2n) is 3.48. The van der Waals surface area contributed by atoms with Crippen molar-refractivity contribution >= 4 is 0 Å². The number of hydrazine groups is 1. The molecule has 0 aromatic carbocycles.